The molecular formula is C61H40O. The van der Waals surface area contributed by atoms with E-state index in [-0.39, 0.29) is 5.41 Å². The molecular weight excluding hydrogens is 749 g/mol. The number of furan rings is 1. The Hall–Kier alpha value is -7.74. The molecule has 13 rings (SSSR count). The lowest BCUT2D eigenvalue weighted by Crippen LogP contribution is -2.15. The molecule has 11 aromatic carbocycles. The van der Waals surface area contributed by atoms with Crippen LogP contribution in [0.5, 0.6) is 0 Å². The van der Waals surface area contributed by atoms with Gasteiger partial charge in [0.15, 0.2) is 0 Å². The number of para-hydroxylation sites is 1. The number of benzene rings is 11. The molecule has 0 unspecified atom stereocenters. The Morgan fingerprint density at radius 2 is 0.774 bits per heavy atom. The van der Waals surface area contributed by atoms with Crippen molar-refractivity contribution in [2.75, 3.05) is 0 Å². The van der Waals surface area contributed by atoms with Gasteiger partial charge in [-0.2, -0.15) is 0 Å². The van der Waals surface area contributed by atoms with Crippen molar-refractivity contribution in [3.8, 4) is 55.6 Å². The zero-order valence-corrected chi connectivity index (χ0v) is 34.5. The Bertz CT molecular complexity index is 3770. The van der Waals surface area contributed by atoms with Gasteiger partial charge in [0.2, 0.25) is 0 Å². The third-order valence-corrected chi connectivity index (χ3v) is 13.8. The zero-order valence-electron chi connectivity index (χ0n) is 34.5. The molecule has 0 spiro atoms. The molecule has 62 heavy (non-hydrogen) atoms. The molecule has 0 saturated carbocycles. The van der Waals surface area contributed by atoms with Crippen molar-refractivity contribution in [2.45, 2.75) is 19.3 Å². The Kier molecular flexibility index (Phi) is 7.42. The Morgan fingerprint density at radius 1 is 0.290 bits per heavy atom. The SMILES string of the molecule is CC1(C)c2cccc(-c3cccc(-c4c5ccccc5c(-c5ccc(-c6ccc7oc8ccccc8c7c6)cc5)c5ccccc45)c3)c2-c2c1c1ccccc1c1ccccc21. The monoisotopic (exact) mass is 788 g/mol. The van der Waals surface area contributed by atoms with Crippen molar-refractivity contribution in [1.29, 1.82) is 0 Å². The molecule has 0 fully saturated rings. The Balaban J connectivity index is 0.975. The molecule has 1 heteroatoms. The van der Waals surface area contributed by atoms with Crippen molar-refractivity contribution >= 4 is 65.0 Å². The van der Waals surface area contributed by atoms with Crippen molar-refractivity contribution in [3.63, 3.8) is 0 Å². The highest BCUT2D eigenvalue weighted by atomic mass is 16.3. The van der Waals surface area contributed by atoms with Gasteiger partial charge in [0, 0.05) is 16.2 Å². The highest BCUT2D eigenvalue weighted by Gasteiger charge is 2.39. The predicted molar refractivity (Wildman–Crippen MR) is 263 cm³/mol. The summed E-state index contributed by atoms with van der Waals surface area (Å²) >= 11 is 0. The van der Waals surface area contributed by atoms with Gasteiger partial charge >= 0.3 is 0 Å². The zero-order chi connectivity index (χ0) is 41.1. The summed E-state index contributed by atoms with van der Waals surface area (Å²) < 4.78 is 6.14. The first-order valence-corrected chi connectivity index (χ1v) is 21.7. The van der Waals surface area contributed by atoms with Crippen LogP contribution in [0.1, 0.15) is 25.0 Å². The molecule has 1 aliphatic rings. The first kappa shape index (κ1) is 35.1. The highest BCUT2D eigenvalue weighted by Crippen LogP contribution is 2.57. The smallest absolute Gasteiger partial charge is 0.135 e. The standard InChI is InChI=1S/C61H40O/c1-61(2)53-27-14-26-42(58(53)59-46-20-5-3-17-43(46)44-18-4-10-25-51(44)60(59)61)40-15-13-16-41(35-40)57-49-23-8-6-21-47(49)56(48-22-7-9-24-50(48)57)38-31-29-37(30-32-38)39-33-34-55-52(36-39)45-19-11-12-28-54(45)62-55/h3-36H,1-2H3. The number of fused-ring (bicyclic) bond motifs is 13. The van der Waals surface area contributed by atoms with Crippen molar-refractivity contribution in [3.05, 3.63) is 217 Å². The second kappa shape index (κ2) is 13.1. The van der Waals surface area contributed by atoms with E-state index in [4.69, 9.17) is 4.42 Å². The van der Waals surface area contributed by atoms with Gasteiger partial charge in [-0.1, -0.05) is 196 Å². The van der Waals surface area contributed by atoms with Crippen molar-refractivity contribution in [1.82, 2.24) is 0 Å². The number of hydrogen-bond donors (Lipinski definition) is 0. The van der Waals surface area contributed by atoms with Crippen LogP contribution in [0.2, 0.25) is 0 Å². The van der Waals surface area contributed by atoms with E-state index < -0.39 is 0 Å². The summed E-state index contributed by atoms with van der Waals surface area (Å²) in [5.74, 6) is 0. The fourth-order valence-corrected chi connectivity index (χ4v) is 11.1. The second-order valence-electron chi connectivity index (χ2n) is 17.5. The third-order valence-electron chi connectivity index (χ3n) is 13.8. The molecule has 290 valence electrons. The van der Waals surface area contributed by atoms with Crippen LogP contribution in [-0.2, 0) is 5.41 Å². The van der Waals surface area contributed by atoms with E-state index in [1.54, 1.807) is 0 Å². The van der Waals surface area contributed by atoms with Crippen LogP contribution in [0.3, 0.4) is 0 Å². The molecule has 12 aromatic rings. The summed E-state index contributed by atoms with van der Waals surface area (Å²) in [6.45, 7) is 4.82. The lowest BCUT2D eigenvalue weighted by Gasteiger charge is -2.24. The summed E-state index contributed by atoms with van der Waals surface area (Å²) in [4.78, 5) is 0. The lowest BCUT2D eigenvalue weighted by molar-refractivity contribution is 0.666. The molecule has 0 amide bonds. The topological polar surface area (TPSA) is 13.1 Å². The van der Waals surface area contributed by atoms with Gasteiger partial charge in [0.25, 0.3) is 0 Å². The van der Waals surface area contributed by atoms with Crippen LogP contribution in [-0.4, -0.2) is 0 Å². The van der Waals surface area contributed by atoms with Crippen LogP contribution in [0.4, 0.5) is 0 Å². The molecule has 1 aliphatic carbocycles. The lowest BCUT2D eigenvalue weighted by atomic mass is 9.79. The number of rotatable bonds is 4. The molecule has 1 heterocycles. The normalized spacial score (nSPS) is 13.1. The summed E-state index contributed by atoms with van der Waals surface area (Å²) in [7, 11) is 0. The van der Waals surface area contributed by atoms with Gasteiger partial charge in [0.05, 0.1) is 0 Å². The van der Waals surface area contributed by atoms with E-state index in [9.17, 15) is 0 Å². The van der Waals surface area contributed by atoms with E-state index in [0.717, 1.165) is 21.9 Å². The molecule has 0 radical (unpaired) electrons. The van der Waals surface area contributed by atoms with Crippen LogP contribution < -0.4 is 0 Å². The van der Waals surface area contributed by atoms with Crippen molar-refractivity contribution < 1.29 is 4.42 Å². The highest BCUT2D eigenvalue weighted by molar-refractivity contribution is 6.22. The van der Waals surface area contributed by atoms with Gasteiger partial charge in [0.1, 0.15) is 11.2 Å². The summed E-state index contributed by atoms with van der Waals surface area (Å²) in [5.41, 5.74) is 17.1. The van der Waals surface area contributed by atoms with Crippen LogP contribution in [0, 0.1) is 0 Å². The molecule has 1 nitrogen and oxygen atoms in total. The summed E-state index contributed by atoms with van der Waals surface area (Å²) in [6.07, 6.45) is 0. The first-order valence-electron chi connectivity index (χ1n) is 21.7. The van der Waals surface area contributed by atoms with E-state index in [1.165, 1.54) is 110 Å². The third kappa shape index (κ3) is 4.97. The predicted octanol–water partition coefficient (Wildman–Crippen LogP) is 17.2. The maximum atomic E-state index is 6.14. The van der Waals surface area contributed by atoms with E-state index in [1.807, 2.05) is 12.1 Å². The first-order chi connectivity index (χ1) is 30.5. The van der Waals surface area contributed by atoms with Gasteiger partial charge in [-0.3, -0.25) is 0 Å². The number of hydrogen-bond acceptors (Lipinski definition) is 1. The maximum Gasteiger partial charge on any atom is 0.135 e. The van der Waals surface area contributed by atoms with Gasteiger partial charge in [-0.15, -0.1) is 0 Å². The average molecular weight is 789 g/mol. The fraction of sp³-hybridized carbons (Fsp3) is 0.0492. The minimum absolute atomic E-state index is 0.162. The Morgan fingerprint density at radius 3 is 1.45 bits per heavy atom. The largest absolute Gasteiger partial charge is 0.456 e. The quantitative estimate of drug-likeness (QED) is 0.128. The van der Waals surface area contributed by atoms with Crippen LogP contribution >= 0.6 is 0 Å². The molecule has 0 bridgehead atoms. The van der Waals surface area contributed by atoms with E-state index in [2.05, 4.69) is 208 Å². The van der Waals surface area contributed by atoms with Crippen LogP contribution in [0.15, 0.2) is 211 Å². The van der Waals surface area contributed by atoms with E-state index in [0.29, 0.717) is 0 Å². The van der Waals surface area contributed by atoms with Crippen molar-refractivity contribution in [2.24, 2.45) is 0 Å². The second-order valence-corrected chi connectivity index (χ2v) is 17.5. The van der Waals surface area contributed by atoms with Crippen LogP contribution in [0.25, 0.3) is 121 Å². The van der Waals surface area contributed by atoms with Gasteiger partial charge in [-0.25, -0.2) is 0 Å². The molecule has 1 aromatic heterocycles. The molecule has 0 N–H and O–H groups in total. The van der Waals surface area contributed by atoms with Gasteiger partial charge < -0.3 is 4.42 Å². The minimum Gasteiger partial charge on any atom is -0.456 e. The maximum absolute atomic E-state index is 6.14. The Labute approximate surface area is 360 Å². The van der Waals surface area contributed by atoms with E-state index >= 15 is 0 Å². The minimum atomic E-state index is -0.162. The molecule has 0 saturated heterocycles. The summed E-state index contributed by atoms with van der Waals surface area (Å²) in [5, 5.41) is 12.6. The summed E-state index contributed by atoms with van der Waals surface area (Å²) in [6, 6.07) is 76.1. The molecule has 0 atom stereocenters. The molecule has 0 aliphatic heterocycles. The average Bonchev–Trinajstić information content (AvgIpc) is 3.82. The van der Waals surface area contributed by atoms with Gasteiger partial charge in [-0.05, 0) is 134 Å². The fourth-order valence-electron chi connectivity index (χ4n) is 11.1.